The van der Waals surface area contributed by atoms with E-state index in [0.717, 1.165) is 0 Å². The lowest BCUT2D eigenvalue weighted by Crippen LogP contribution is -2.59. The van der Waals surface area contributed by atoms with Crippen LogP contribution in [-0.4, -0.2) is 66.9 Å². The summed E-state index contributed by atoms with van der Waals surface area (Å²) in [6.45, 7) is 18.7. The van der Waals surface area contributed by atoms with Crippen molar-refractivity contribution in [2.75, 3.05) is 13.7 Å². The molecule has 0 spiro atoms. The normalized spacial score (nSPS) is 25.1. The molecular weight excluding hydrogens is 428 g/mol. The van der Waals surface area contributed by atoms with Gasteiger partial charge in [0.2, 0.25) is 8.32 Å². The number of hydrogen-bond donors (Lipinski definition) is 1. The van der Waals surface area contributed by atoms with Crippen molar-refractivity contribution in [2.45, 2.75) is 109 Å². The van der Waals surface area contributed by atoms with Crippen molar-refractivity contribution in [3.05, 3.63) is 18.2 Å². The second-order valence-corrected chi connectivity index (χ2v) is 16.0. The molecule has 184 valence electrons. The summed E-state index contributed by atoms with van der Waals surface area (Å²) in [7, 11) is -0.781. The molecule has 4 atom stereocenters. The van der Waals surface area contributed by atoms with Crippen molar-refractivity contribution in [3.8, 4) is 0 Å². The number of methoxy groups -OCH3 is 1. The summed E-state index contributed by atoms with van der Waals surface area (Å²) in [6, 6.07) is 0. The summed E-state index contributed by atoms with van der Waals surface area (Å²) in [4.78, 5) is 17.1. The molecule has 1 saturated heterocycles. The van der Waals surface area contributed by atoms with Gasteiger partial charge in [0.05, 0.1) is 18.6 Å². The molecule has 1 N–H and O–H groups in total. The van der Waals surface area contributed by atoms with Crippen molar-refractivity contribution < 1.29 is 28.5 Å². The molecule has 0 amide bonds. The van der Waals surface area contributed by atoms with Crippen molar-refractivity contribution >= 4 is 14.4 Å². The van der Waals surface area contributed by atoms with Crippen LogP contribution in [0.2, 0.25) is 16.6 Å². The second kappa shape index (κ2) is 10.3. The molecule has 1 aromatic heterocycles. The monoisotopic (exact) mass is 470 g/mol. The SMILES string of the molecule is CO[C@H]1OC[C@@H](c2nccn2C(=O)OC(C)(C)C)[C@@H](O)[C@@H]1O[Si](C(C)C)(C(C)C)C(C)C. The van der Waals surface area contributed by atoms with Gasteiger partial charge in [-0.2, -0.15) is 0 Å². The fraction of sp³-hybridized carbons (Fsp3) is 0.826. The smallest absolute Gasteiger partial charge is 0.420 e. The van der Waals surface area contributed by atoms with Gasteiger partial charge in [0, 0.05) is 19.5 Å². The topological polar surface area (TPSA) is 92.0 Å². The lowest BCUT2D eigenvalue weighted by atomic mass is 9.94. The number of nitrogens with zero attached hydrogens (tertiary/aromatic N) is 2. The lowest BCUT2D eigenvalue weighted by Gasteiger charge is -2.49. The number of hydrogen-bond acceptors (Lipinski definition) is 7. The molecule has 0 aromatic carbocycles. The van der Waals surface area contributed by atoms with Crippen LogP contribution in [0.5, 0.6) is 0 Å². The first kappa shape index (κ1) is 27.0. The maximum absolute atomic E-state index is 12.7. The fourth-order valence-corrected chi connectivity index (χ4v) is 10.6. The van der Waals surface area contributed by atoms with Crippen LogP contribution in [0, 0.1) is 0 Å². The molecule has 9 heteroatoms. The molecule has 8 nitrogen and oxygen atoms in total. The van der Waals surface area contributed by atoms with Crippen LogP contribution in [-0.2, 0) is 18.6 Å². The molecule has 0 bridgehead atoms. The number of carbonyl (C=O) groups excluding carboxylic acids is 1. The van der Waals surface area contributed by atoms with E-state index in [1.165, 1.54) is 10.8 Å². The molecule has 1 fully saturated rings. The highest BCUT2D eigenvalue weighted by Crippen LogP contribution is 2.45. The Labute approximate surface area is 193 Å². The number of aromatic nitrogens is 2. The van der Waals surface area contributed by atoms with Gasteiger partial charge in [0.25, 0.3) is 0 Å². The summed E-state index contributed by atoms with van der Waals surface area (Å²) in [5.41, 5.74) is 0.341. The van der Waals surface area contributed by atoms with Crippen LogP contribution in [0.3, 0.4) is 0 Å². The highest BCUT2D eigenvalue weighted by Gasteiger charge is 2.52. The Balaban J connectivity index is 2.40. The van der Waals surface area contributed by atoms with Gasteiger partial charge >= 0.3 is 6.09 Å². The molecule has 1 aromatic rings. The molecule has 1 aliphatic rings. The molecule has 1 aliphatic heterocycles. The number of aliphatic hydroxyl groups excluding tert-OH is 1. The lowest BCUT2D eigenvalue weighted by molar-refractivity contribution is -0.236. The van der Waals surface area contributed by atoms with Crippen LogP contribution in [0.4, 0.5) is 4.79 Å². The van der Waals surface area contributed by atoms with E-state index >= 15 is 0 Å². The quantitative estimate of drug-likeness (QED) is 0.579. The van der Waals surface area contributed by atoms with Crippen LogP contribution in [0.15, 0.2) is 12.4 Å². The first-order valence-corrected chi connectivity index (χ1v) is 13.7. The molecular formula is C23H42N2O6Si. The van der Waals surface area contributed by atoms with Gasteiger partial charge in [0.1, 0.15) is 17.5 Å². The molecule has 0 radical (unpaired) electrons. The zero-order valence-corrected chi connectivity index (χ0v) is 22.3. The zero-order chi connectivity index (χ0) is 24.4. The number of aliphatic hydroxyl groups is 1. The minimum atomic E-state index is -2.34. The van der Waals surface area contributed by atoms with Gasteiger partial charge in [-0.05, 0) is 37.4 Å². The highest BCUT2D eigenvalue weighted by molar-refractivity contribution is 6.77. The van der Waals surface area contributed by atoms with E-state index in [4.69, 9.17) is 18.6 Å². The number of imidazole rings is 1. The molecule has 2 heterocycles. The van der Waals surface area contributed by atoms with Crippen molar-refractivity contribution in [2.24, 2.45) is 0 Å². The average molecular weight is 471 g/mol. The highest BCUT2D eigenvalue weighted by atomic mass is 28.4. The Bertz CT molecular complexity index is 736. The standard InChI is InChI=1S/C23H42N2O6Si/c1-14(2)32(15(3)4,16(5)6)31-19-18(26)17(13-29-21(19)28-10)20-24-11-12-25(20)22(27)30-23(7,8)9/h11-12,14-19,21,26H,13H2,1-10H3/t17-,18-,19+,21+/m1/s1. The van der Waals surface area contributed by atoms with Gasteiger partial charge in [0.15, 0.2) is 6.29 Å². The third-order valence-electron chi connectivity index (χ3n) is 6.33. The minimum Gasteiger partial charge on any atom is -0.443 e. The summed E-state index contributed by atoms with van der Waals surface area (Å²) < 4.78 is 25.3. The molecule has 0 aliphatic carbocycles. The first-order chi connectivity index (χ1) is 14.8. The molecule has 0 unspecified atom stereocenters. The average Bonchev–Trinajstić information content (AvgIpc) is 3.14. The largest absolute Gasteiger partial charge is 0.443 e. The maximum atomic E-state index is 12.7. The zero-order valence-electron chi connectivity index (χ0n) is 21.3. The van der Waals surface area contributed by atoms with E-state index in [9.17, 15) is 9.90 Å². The summed E-state index contributed by atoms with van der Waals surface area (Å²) in [6.07, 6.45) is 0.179. The summed E-state index contributed by atoms with van der Waals surface area (Å²) in [5.74, 6) is -0.173. The van der Waals surface area contributed by atoms with Gasteiger partial charge in [-0.3, -0.25) is 0 Å². The molecule has 2 rings (SSSR count). The Morgan fingerprint density at radius 1 is 1.19 bits per heavy atom. The van der Waals surface area contributed by atoms with E-state index in [1.807, 2.05) is 0 Å². The second-order valence-electron chi connectivity index (χ2n) is 10.6. The summed E-state index contributed by atoms with van der Waals surface area (Å²) in [5, 5.41) is 11.5. The number of ether oxygens (including phenoxy) is 3. The fourth-order valence-electron chi connectivity index (χ4n) is 5.04. The van der Waals surface area contributed by atoms with Crippen LogP contribution < -0.4 is 0 Å². The predicted molar refractivity (Wildman–Crippen MR) is 125 cm³/mol. The first-order valence-electron chi connectivity index (χ1n) is 11.5. The van der Waals surface area contributed by atoms with Gasteiger partial charge in [-0.1, -0.05) is 41.5 Å². The van der Waals surface area contributed by atoms with Gasteiger partial charge in [-0.15, -0.1) is 0 Å². The Hall–Kier alpha value is -1.26. The number of carbonyl (C=O) groups is 1. The van der Waals surface area contributed by atoms with Crippen LogP contribution in [0.1, 0.15) is 74.1 Å². The van der Waals surface area contributed by atoms with E-state index < -0.39 is 44.4 Å². The Morgan fingerprint density at radius 3 is 2.22 bits per heavy atom. The van der Waals surface area contributed by atoms with Crippen molar-refractivity contribution in [1.29, 1.82) is 0 Å². The predicted octanol–water partition coefficient (Wildman–Crippen LogP) is 4.67. The van der Waals surface area contributed by atoms with Crippen LogP contribution in [0.25, 0.3) is 0 Å². The molecule has 0 saturated carbocycles. The van der Waals surface area contributed by atoms with Crippen molar-refractivity contribution in [1.82, 2.24) is 9.55 Å². The van der Waals surface area contributed by atoms with Crippen LogP contribution >= 0.6 is 0 Å². The molecule has 32 heavy (non-hydrogen) atoms. The maximum Gasteiger partial charge on any atom is 0.420 e. The van der Waals surface area contributed by atoms with E-state index in [1.54, 1.807) is 34.1 Å². The summed E-state index contributed by atoms with van der Waals surface area (Å²) >= 11 is 0. The van der Waals surface area contributed by atoms with Gasteiger partial charge < -0.3 is 23.7 Å². The van der Waals surface area contributed by atoms with Gasteiger partial charge in [-0.25, -0.2) is 14.3 Å². The Kier molecular flexibility index (Phi) is 8.72. The number of rotatable bonds is 7. The van der Waals surface area contributed by atoms with E-state index in [-0.39, 0.29) is 6.61 Å². The van der Waals surface area contributed by atoms with E-state index in [2.05, 4.69) is 46.5 Å². The van der Waals surface area contributed by atoms with E-state index in [0.29, 0.717) is 22.4 Å². The Morgan fingerprint density at radius 2 is 1.75 bits per heavy atom. The minimum absolute atomic E-state index is 0.152. The third-order valence-corrected chi connectivity index (χ3v) is 12.4. The third kappa shape index (κ3) is 5.44. The van der Waals surface area contributed by atoms with Crippen molar-refractivity contribution in [3.63, 3.8) is 0 Å².